The van der Waals surface area contributed by atoms with Crippen LogP contribution in [0.4, 0.5) is 0 Å². The van der Waals surface area contributed by atoms with Crippen LogP contribution in [0, 0.1) is 18.3 Å². The van der Waals surface area contributed by atoms with Crippen molar-refractivity contribution in [2.24, 2.45) is 0 Å². The Labute approximate surface area is 169 Å². The van der Waals surface area contributed by atoms with E-state index in [-0.39, 0.29) is 16.9 Å². The van der Waals surface area contributed by atoms with E-state index in [0.29, 0.717) is 26.8 Å². The molecule has 0 aliphatic carbocycles. The number of aromatic hydroxyl groups is 1. The minimum Gasteiger partial charge on any atom is -0.507 e. The molecule has 0 atom stereocenters. The van der Waals surface area contributed by atoms with E-state index < -0.39 is 0 Å². The Morgan fingerprint density at radius 1 is 1.14 bits per heavy atom. The first-order valence-corrected chi connectivity index (χ1v) is 8.95. The lowest BCUT2D eigenvalue weighted by atomic mass is 10.0. The number of hydrogen-bond acceptors (Lipinski definition) is 4. The number of nitrogens with zero attached hydrogens (tertiary/aromatic N) is 3. The Morgan fingerprint density at radius 3 is 2.61 bits per heavy atom. The first-order chi connectivity index (χ1) is 13.4. The van der Waals surface area contributed by atoms with Crippen molar-refractivity contribution >= 4 is 28.8 Å². The third-order valence-electron chi connectivity index (χ3n) is 4.46. The lowest BCUT2D eigenvalue weighted by Crippen LogP contribution is -2.17. The minimum atomic E-state index is -0.376. The van der Waals surface area contributed by atoms with Gasteiger partial charge in [0.15, 0.2) is 5.65 Å². The van der Waals surface area contributed by atoms with Crippen LogP contribution in [0.5, 0.6) is 5.75 Å². The second-order valence-electron chi connectivity index (χ2n) is 6.22. The second-order valence-corrected chi connectivity index (χ2v) is 7.03. The number of fused-ring (bicyclic) bond motifs is 1. The summed E-state index contributed by atoms with van der Waals surface area (Å²) >= 11 is 12.1. The monoisotopic (exact) mass is 410 g/mol. The number of rotatable bonds is 2. The molecule has 6 nitrogen and oxygen atoms in total. The number of halogens is 2. The summed E-state index contributed by atoms with van der Waals surface area (Å²) in [6.45, 7) is 1.82. The van der Waals surface area contributed by atoms with Crippen LogP contribution in [0.1, 0.15) is 11.3 Å². The molecule has 2 N–H and O–H groups in total. The molecule has 0 unspecified atom stereocenters. The van der Waals surface area contributed by atoms with Crippen molar-refractivity contribution in [1.82, 2.24) is 14.6 Å². The molecule has 2 heterocycles. The zero-order chi connectivity index (χ0) is 20.0. The molecular formula is C20H12Cl2N4O2. The van der Waals surface area contributed by atoms with Gasteiger partial charge in [0, 0.05) is 23.0 Å². The molecule has 0 amide bonds. The van der Waals surface area contributed by atoms with Gasteiger partial charge in [0.1, 0.15) is 5.75 Å². The Hall–Kier alpha value is -3.27. The summed E-state index contributed by atoms with van der Waals surface area (Å²) in [4.78, 5) is 17.5. The zero-order valence-electron chi connectivity index (χ0n) is 14.5. The van der Waals surface area contributed by atoms with Crippen LogP contribution in [-0.2, 0) is 0 Å². The average molecular weight is 411 g/mol. The van der Waals surface area contributed by atoms with Gasteiger partial charge in [-0.05, 0) is 42.8 Å². The van der Waals surface area contributed by atoms with Crippen LogP contribution in [-0.4, -0.2) is 19.7 Å². The summed E-state index contributed by atoms with van der Waals surface area (Å²) in [5.74, 6) is -0.161. The van der Waals surface area contributed by atoms with Gasteiger partial charge in [0.25, 0.3) is 5.56 Å². The number of phenols is 1. The van der Waals surface area contributed by atoms with Crippen molar-refractivity contribution in [2.75, 3.05) is 0 Å². The molecule has 4 rings (SSSR count). The molecule has 0 spiro atoms. The van der Waals surface area contributed by atoms with E-state index in [4.69, 9.17) is 28.5 Å². The molecule has 28 heavy (non-hydrogen) atoms. The quantitative estimate of drug-likeness (QED) is 0.506. The fraction of sp³-hybridized carbons (Fsp3) is 0.0500. The smallest absolute Gasteiger partial charge is 0.280 e. The molecule has 0 aliphatic heterocycles. The van der Waals surface area contributed by atoms with Crippen molar-refractivity contribution in [1.29, 1.82) is 5.26 Å². The van der Waals surface area contributed by atoms with E-state index in [2.05, 4.69) is 10.1 Å². The number of aromatic nitrogens is 3. The van der Waals surface area contributed by atoms with Gasteiger partial charge in [-0.2, -0.15) is 5.26 Å². The van der Waals surface area contributed by atoms with Crippen LogP contribution in [0.15, 0.2) is 47.4 Å². The van der Waals surface area contributed by atoms with Gasteiger partial charge < -0.3 is 5.11 Å². The van der Waals surface area contributed by atoms with E-state index in [0.717, 1.165) is 16.8 Å². The van der Waals surface area contributed by atoms with Gasteiger partial charge >= 0.3 is 0 Å². The third kappa shape index (κ3) is 2.82. The molecule has 138 valence electrons. The maximum atomic E-state index is 13.0. The maximum Gasteiger partial charge on any atom is 0.280 e. The highest BCUT2D eigenvalue weighted by Gasteiger charge is 2.18. The van der Waals surface area contributed by atoms with Crippen LogP contribution in [0.3, 0.4) is 0 Å². The van der Waals surface area contributed by atoms with Gasteiger partial charge in [-0.25, -0.2) is 9.50 Å². The van der Waals surface area contributed by atoms with Gasteiger partial charge in [0.05, 0.1) is 27.2 Å². The first-order valence-electron chi connectivity index (χ1n) is 8.20. The maximum absolute atomic E-state index is 13.0. The molecule has 0 bridgehead atoms. The second kappa shape index (κ2) is 6.71. The number of H-pyrrole nitrogens is 1. The van der Waals surface area contributed by atoms with Crippen molar-refractivity contribution < 1.29 is 5.11 Å². The number of hydrogen-bond donors (Lipinski definition) is 2. The number of benzene rings is 2. The van der Waals surface area contributed by atoms with E-state index >= 15 is 0 Å². The summed E-state index contributed by atoms with van der Waals surface area (Å²) in [5.41, 5.74) is 3.09. The molecular weight excluding hydrogens is 399 g/mol. The fourth-order valence-electron chi connectivity index (χ4n) is 3.14. The number of nitrogens with one attached hydrogen (secondary N) is 1. The standard InChI is InChI=1S/C20H12Cl2N4O2/c1-10-18(12-3-5-15(21)16(22)7-12)19-24-9-14(20(28)26(19)25-10)13-4-2-11(8-23)6-17(13)27/h2-7,9,25,27H,1H3. The molecule has 8 heteroatoms. The molecule has 2 aromatic carbocycles. The van der Waals surface area contributed by atoms with E-state index in [1.165, 1.54) is 28.9 Å². The SMILES string of the molecule is Cc1[nH]n2c(=O)c(-c3ccc(C#N)cc3O)cnc2c1-c1ccc(Cl)c(Cl)c1. The molecule has 0 radical (unpaired) electrons. The summed E-state index contributed by atoms with van der Waals surface area (Å²) in [6.07, 6.45) is 1.41. The van der Waals surface area contributed by atoms with E-state index in [9.17, 15) is 9.90 Å². The van der Waals surface area contributed by atoms with Gasteiger partial charge in [-0.3, -0.25) is 9.89 Å². The minimum absolute atomic E-state index is 0.161. The summed E-state index contributed by atoms with van der Waals surface area (Å²) < 4.78 is 1.32. The van der Waals surface area contributed by atoms with Crippen LogP contribution in [0.2, 0.25) is 10.0 Å². The normalized spacial score (nSPS) is 10.9. The van der Waals surface area contributed by atoms with Crippen molar-refractivity contribution in [2.45, 2.75) is 6.92 Å². The molecule has 0 saturated heterocycles. The van der Waals surface area contributed by atoms with Gasteiger partial charge in [-0.1, -0.05) is 29.3 Å². The Morgan fingerprint density at radius 2 is 1.93 bits per heavy atom. The van der Waals surface area contributed by atoms with Gasteiger partial charge in [0.2, 0.25) is 0 Å². The number of phenolic OH excluding ortho intramolecular Hbond substituents is 1. The van der Waals surface area contributed by atoms with E-state index in [1.54, 1.807) is 18.2 Å². The number of aromatic amines is 1. The molecule has 0 aliphatic rings. The average Bonchev–Trinajstić information content (AvgIpc) is 3.01. The number of aryl methyl sites for hydroxylation is 1. The summed E-state index contributed by atoms with van der Waals surface area (Å²) in [5, 5.41) is 23.0. The zero-order valence-corrected chi connectivity index (χ0v) is 16.0. The largest absolute Gasteiger partial charge is 0.507 e. The lowest BCUT2D eigenvalue weighted by molar-refractivity contribution is 0.477. The van der Waals surface area contributed by atoms with Crippen LogP contribution >= 0.6 is 23.2 Å². The Balaban J connectivity index is 1.94. The molecule has 4 aromatic rings. The third-order valence-corrected chi connectivity index (χ3v) is 5.20. The number of nitriles is 1. The predicted molar refractivity (Wildman–Crippen MR) is 108 cm³/mol. The Kier molecular flexibility index (Phi) is 4.34. The lowest BCUT2D eigenvalue weighted by Gasteiger charge is -2.06. The van der Waals surface area contributed by atoms with Crippen molar-refractivity contribution in [3.63, 3.8) is 0 Å². The summed E-state index contributed by atoms with van der Waals surface area (Å²) in [7, 11) is 0. The fourth-order valence-corrected chi connectivity index (χ4v) is 3.44. The highest BCUT2D eigenvalue weighted by atomic mass is 35.5. The summed E-state index contributed by atoms with van der Waals surface area (Å²) in [6, 6.07) is 11.5. The highest BCUT2D eigenvalue weighted by molar-refractivity contribution is 6.42. The predicted octanol–water partition coefficient (Wildman–Crippen LogP) is 4.55. The van der Waals surface area contributed by atoms with Crippen molar-refractivity contribution in [3.8, 4) is 34.1 Å². The molecule has 0 saturated carbocycles. The first kappa shape index (κ1) is 18.1. The Bertz CT molecular complexity index is 1350. The highest BCUT2D eigenvalue weighted by Crippen LogP contribution is 2.33. The molecule has 2 aromatic heterocycles. The topological polar surface area (TPSA) is 94.2 Å². The van der Waals surface area contributed by atoms with Crippen molar-refractivity contribution in [3.05, 3.63) is 74.3 Å². The van der Waals surface area contributed by atoms with Gasteiger partial charge in [-0.15, -0.1) is 0 Å². The van der Waals surface area contributed by atoms with E-state index in [1.807, 2.05) is 13.0 Å². The van der Waals surface area contributed by atoms with Crippen LogP contribution < -0.4 is 5.56 Å². The van der Waals surface area contributed by atoms with Crippen LogP contribution in [0.25, 0.3) is 27.9 Å². The molecule has 0 fully saturated rings.